The molecule has 2 atom stereocenters. The minimum absolute atomic E-state index is 0.597. The molecule has 0 spiro atoms. The maximum atomic E-state index is 3.09. The molecule has 0 heterocycles. The zero-order valence-electron chi connectivity index (χ0n) is 9.90. The van der Waals surface area contributed by atoms with Crippen LogP contribution in [0.15, 0.2) is 0 Å². The van der Waals surface area contributed by atoms with Crippen LogP contribution >= 0.6 is 9.24 Å². The van der Waals surface area contributed by atoms with Crippen LogP contribution in [0.2, 0.25) is 0 Å². The van der Waals surface area contributed by atoms with Gasteiger partial charge in [0.05, 0.1) is 0 Å². The highest BCUT2D eigenvalue weighted by atomic mass is 31.0. The molecule has 0 saturated carbocycles. The van der Waals surface area contributed by atoms with Gasteiger partial charge in [-0.1, -0.05) is 40.5 Å². The van der Waals surface area contributed by atoms with Crippen LogP contribution in [0.3, 0.4) is 0 Å². The van der Waals surface area contributed by atoms with Gasteiger partial charge in [-0.05, 0) is 36.8 Å². The van der Waals surface area contributed by atoms with Crippen molar-refractivity contribution in [3.05, 3.63) is 0 Å². The van der Waals surface area contributed by atoms with Crippen LogP contribution in [0, 0.1) is 5.41 Å². The molecule has 0 aromatic rings. The van der Waals surface area contributed by atoms with Crippen LogP contribution < -0.4 is 0 Å². The molecular weight excluding hydrogens is 175 g/mol. The Morgan fingerprint density at radius 2 is 1.46 bits per heavy atom. The van der Waals surface area contributed by atoms with Gasteiger partial charge in [0.25, 0.3) is 0 Å². The van der Waals surface area contributed by atoms with Crippen molar-refractivity contribution in [1.29, 1.82) is 0 Å². The Hall–Kier alpha value is 0.430. The van der Waals surface area contributed by atoms with Crippen molar-refractivity contribution in [2.24, 2.45) is 5.41 Å². The number of hydrogen-bond acceptors (Lipinski definition) is 0. The van der Waals surface area contributed by atoms with Crippen LogP contribution in [0.1, 0.15) is 66.2 Å². The summed E-state index contributed by atoms with van der Waals surface area (Å²) in [5, 5.41) is 0. The quantitative estimate of drug-likeness (QED) is 0.528. The zero-order chi connectivity index (χ0) is 10.3. The SMILES string of the molecule is CCCCC(P)C(CC)(CC)CC. The third-order valence-corrected chi connectivity index (χ3v) is 4.81. The Labute approximate surface area is 87.1 Å². The van der Waals surface area contributed by atoms with Gasteiger partial charge >= 0.3 is 0 Å². The number of unbranched alkanes of at least 4 members (excludes halogenated alkanes) is 1. The lowest BCUT2D eigenvalue weighted by molar-refractivity contribution is 0.231. The Bertz CT molecular complexity index is 108. The molecule has 0 aromatic heterocycles. The van der Waals surface area contributed by atoms with E-state index in [0.717, 1.165) is 5.66 Å². The van der Waals surface area contributed by atoms with E-state index in [-0.39, 0.29) is 0 Å². The Balaban J connectivity index is 4.17. The van der Waals surface area contributed by atoms with Gasteiger partial charge in [-0.15, -0.1) is 9.24 Å². The normalized spacial score (nSPS) is 14.5. The first-order valence-corrected chi connectivity index (χ1v) is 6.59. The summed E-state index contributed by atoms with van der Waals surface area (Å²) < 4.78 is 0. The highest BCUT2D eigenvalue weighted by Crippen LogP contribution is 2.40. The molecule has 0 amide bonds. The van der Waals surface area contributed by atoms with E-state index in [9.17, 15) is 0 Å². The van der Waals surface area contributed by atoms with E-state index in [1.165, 1.54) is 38.5 Å². The number of hydrogen-bond donors (Lipinski definition) is 0. The lowest BCUT2D eigenvalue weighted by atomic mass is 9.75. The molecule has 0 saturated heterocycles. The van der Waals surface area contributed by atoms with Gasteiger partial charge in [0.2, 0.25) is 0 Å². The molecule has 0 N–H and O–H groups in total. The van der Waals surface area contributed by atoms with Gasteiger partial charge in [-0.25, -0.2) is 0 Å². The molecule has 0 aromatic carbocycles. The third-order valence-electron chi connectivity index (χ3n) is 3.77. The molecule has 0 rings (SSSR count). The molecule has 0 radical (unpaired) electrons. The zero-order valence-corrected chi connectivity index (χ0v) is 11.1. The molecule has 0 aliphatic carbocycles. The van der Waals surface area contributed by atoms with Crippen molar-refractivity contribution >= 4 is 9.24 Å². The van der Waals surface area contributed by atoms with Crippen LogP contribution in [0.5, 0.6) is 0 Å². The molecule has 0 bridgehead atoms. The monoisotopic (exact) mass is 202 g/mol. The van der Waals surface area contributed by atoms with E-state index in [0.29, 0.717) is 5.41 Å². The average molecular weight is 202 g/mol. The Kier molecular flexibility index (Phi) is 7.05. The van der Waals surface area contributed by atoms with E-state index < -0.39 is 0 Å². The first-order chi connectivity index (χ1) is 6.16. The van der Waals surface area contributed by atoms with E-state index >= 15 is 0 Å². The van der Waals surface area contributed by atoms with Crippen LogP contribution in [-0.4, -0.2) is 5.66 Å². The maximum Gasteiger partial charge on any atom is -0.0208 e. The fourth-order valence-corrected chi connectivity index (χ4v) is 3.21. The summed E-state index contributed by atoms with van der Waals surface area (Å²) >= 11 is 0. The summed E-state index contributed by atoms with van der Waals surface area (Å²) in [7, 11) is 3.09. The summed E-state index contributed by atoms with van der Waals surface area (Å²) in [6.45, 7) is 9.31. The van der Waals surface area contributed by atoms with Crippen molar-refractivity contribution in [1.82, 2.24) is 0 Å². The average Bonchev–Trinajstić information content (AvgIpc) is 2.18. The molecule has 0 aliphatic heterocycles. The highest BCUT2D eigenvalue weighted by molar-refractivity contribution is 7.17. The molecule has 0 nitrogen and oxygen atoms in total. The summed E-state index contributed by atoms with van der Waals surface area (Å²) in [4.78, 5) is 0. The molecule has 0 aliphatic rings. The fraction of sp³-hybridized carbons (Fsp3) is 1.00. The second-order valence-electron chi connectivity index (χ2n) is 4.17. The molecule has 0 fully saturated rings. The maximum absolute atomic E-state index is 3.09. The molecule has 13 heavy (non-hydrogen) atoms. The van der Waals surface area contributed by atoms with E-state index in [2.05, 4.69) is 36.9 Å². The lowest BCUT2D eigenvalue weighted by Gasteiger charge is -2.37. The van der Waals surface area contributed by atoms with Crippen molar-refractivity contribution in [3.63, 3.8) is 0 Å². The predicted octanol–water partition coefficient (Wildman–Crippen LogP) is 4.64. The van der Waals surface area contributed by atoms with Gasteiger partial charge in [0.15, 0.2) is 0 Å². The Morgan fingerprint density at radius 3 is 1.77 bits per heavy atom. The second kappa shape index (κ2) is 6.82. The van der Waals surface area contributed by atoms with E-state index in [1.54, 1.807) is 0 Å². The molecule has 80 valence electrons. The van der Waals surface area contributed by atoms with Gasteiger partial charge in [-0.2, -0.15) is 0 Å². The standard InChI is InChI=1S/C12H27P/c1-5-9-10-11(13)12(6-2,7-3)8-4/h11H,5-10,13H2,1-4H3. The minimum Gasteiger partial charge on any atom is -0.134 e. The third kappa shape index (κ3) is 3.58. The summed E-state index contributed by atoms with van der Waals surface area (Å²) in [6, 6.07) is 0. The van der Waals surface area contributed by atoms with E-state index in [1.807, 2.05) is 0 Å². The molecule has 2 unspecified atom stereocenters. The molecule has 1 heteroatoms. The predicted molar refractivity (Wildman–Crippen MR) is 66.3 cm³/mol. The second-order valence-corrected chi connectivity index (χ2v) is 4.98. The first-order valence-electron chi connectivity index (χ1n) is 5.92. The summed E-state index contributed by atoms with van der Waals surface area (Å²) in [6.07, 6.45) is 8.10. The van der Waals surface area contributed by atoms with E-state index in [4.69, 9.17) is 0 Å². The minimum atomic E-state index is 0.597. The topological polar surface area (TPSA) is 0 Å². The van der Waals surface area contributed by atoms with Gasteiger partial charge in [-0.3, -0.25) is 0 Å². The largest absolute Gasteiger partial charge is 0.134 e. The summed E-state index contributed by atoms with van der Waals surface area (Å²) in [5.74, 6) is 0. The smallest absolute Gasteiger partial charge is 0.0208 e. The van der Waals surface area contributed by atoms with Crippen molar-refractivity contribution in [2.75, 3.05) is 0 Å². The van der Waals surface area contributed by atoms with Crippen molar-refractivity contribution < 1.29 is 0 Å². The van der Waals surface area contributed by atoms with Crippen molar-refractivity contribution in [3.8, 4) is 0 Å². The fourth-order valence-electron chi connectivity index (χ4n) is 2.27. The van der Waals surface area contributed by atoms with Gasteiger partial charge in [0.1, 0.15) is 0 Å². The highest BCUT2D eigenvalue weighted by Gasteiger charge is 2.30. The van der Waals surface area contributed by atoms with Crippen LogP contribution in [0.4, 0.5) is 0 Å². The lowest BCUT2D eigenvalue weighted by Crippen LogP contribution is -2.29. The summed E-state index contributed by atoms with van der Waals surface area (Å²) in [5.41, 5.74) is 1.42. The number of rotatable bonds is 7. The Morgan fingerprint density at radius 1 is 1.00 bits per heavy atom. The van der Waals surface area contributed by atoms with Gasteiger partial charge in [0, 0.05) is 0 Å². The van der Waals surface area contributed by atoms with Crippen LogP contribution in [-0.2, 0) is 0 Å². The van der Waals surface area contributed by atoms with Crippen LogP contribution in [0.25, 0.3) is 0 Å². The van der Waals surface area contributed by atoms with Crippen molar-refractivity contribution in [2.45, 2.75) is 71.9 Å². The molecular formula is C12H27P. The first kappa shape index (κ1) is 13.4. The van der Waals surface area contributed by atoms with Gasteiger partial charge < -0.3 is 0 Å².